The van der Waals surface area contributed by atoms with E-state index in [1.807, 2.05) is 6.92 Å². The molecule has 1 aliphatic heterocycles. The summed E-state index contributed by atoms with van der Waals surface area (Å²) in [6.45, 7) is 3.29. The number of nitrogens with one attached hydrogen (secondary N) is 1. The molecule has 2 aromatic rings. The number of alkyl halides is 3. The molecular weight excluding hydrogens is 451 g/mol. The van der Waals surface area contributed by atoms with E-state index in [2.05, 4.69) is 5.32 Å². The lowest BCUT2D eigenvalue weighted by molar-refractivity contribution is -0.185. The quantitative estimate of drug-likeness (QED) is 0.579. The first-order valence-corrected chi connectivity index (χ1v) is 10.8. The summed E-state index contributed by atoms with van der Waals surface area (Å²) >= 11 is 0. The molecule has 0 unspecified atom stereocenters. The Kier molecular flexibility index (Phi) is 7.38. The van der Waals surface area contributed by atoms with E-state index in [9.17, 15) is 32.3 Å². The number of carbonyl (C=O) groups is 4. The molecule has 2 aromatic carbocycles. The summed E-state index contributed by atoms with van der Waals surface area (Å²) in [5, 5.41) is 2.64. The molecule has 0 spiro atoms. The molecule has 7 nitrogen and oxygen atoms in total. The highest BCUT2D eigenvalue weighted by Gasteiger charge is 2.42. The van der Waals surface area contributed by atoms with Crippen LogP contribution in [0.3, 0.4) is 0 Å². The molecule has 0 fully saturated rings. The predicted octanol–water partition coefficient (Wildman–Crippen LogP) is 4.25. The topological polar surface area (TPSA) is 86.8 Å². The van der Waals surface area contributed by atoms with Gasteiger partial charge in [0.1, 0.15) is 0 Å². The number of amides is 4. The summed E-state index contributed by atoms with van der Waals surface area (Å²) in [4.78, 5) is 51.2. The third-order valence-electron chi connectivity index (χ3n) is 5.44. The van der Waals surface area contributed by atoms with Gasteiger partial charge in [0.2, 0.25) is 0 Å². The number of anilines is 1. The zero-order chi connectivity index (χ0) is 25.0. The standard InChI is InChI=1S/C24H24F3N3O4/c1-3-5-11-30-21(32)18-10-9-16(13-19(18)22(30)33)20(31)28-17-8-6-7-15(12-17)14-29(4-2)23(34)24(25,26)27/h6-10,12-13H,3-5,11,14H2,1-2H3,(H,28,31). The zero-order valence-corrected chi connectivity index (χ0v) is 18.7. The van der Waals surface area contributed by atoms with Crippen molar-refractivity contribution >= 4 is 29.3 Å². The molecule has 10 heteroatoms. The van der Waals surface area contributed by atoms with Crippen molar-refractivity contribution in [2.24, 2.45) is 0 Å². The summed E-state index contributed by atoms with van der Waals surface area (Å²) < 4.78 is 38.3. The van der Waals surface area contributed by atoms with Crippen LogP contribution in [0.25, 0.3) is 0 Å². The Bertz CT molecular complexity index is 1130. The molecular formula is C24H24F3N3O4. The fraction of sp³-hybridized carbons (Fsp3) is 0.333. The molecule has 0 radical (unpaired) electrons. The van der Waals surface area contributed by atoms with Gasteiger partial charge >= 0.3 is 12.1 Å². The van der Waals surface area contributed by atoms with Crippen LogP contribution in [0.15, 0.2) is 42.5 Å². The van der Waals surface area contributed by atoms with Gasteiger partial charge in [0.25, 0.3) is 17.7 Å². The Morgan fingerprint density at radius 3 is 2.35 bits per heavy atom. The molecule has 0 atom stereocenters. The van der Waals surface area contributed by atoms with Crippen LogP contribution in [0.1, 0.15) is 63.3 Å². The maximum absolute atomic E-state index is 12.8. The first-order chi connectivity index (χ1) is 16.1. The highest BCUT2D eigenvalue weighted by molar-refractivity contribution is 6.22. The Morgan fingerprint density at radius 2 is 1.71 bits per heavy atom. The Morgan fingerprint density at radius 1 is 1.00 bits per heavy atom. The average Bonchev–Trinajstić information content (AvgIpc) is 3.04. The smallest absolute Gasteiger partial charge is 0.331 e. The maximum Gasteiger partial charge on any atom is 0.471 e. The summed E-state index contributed by atoms with van der Waals surface area (Å²) in [6.07, 6.45) is -3.47. The first kappa shape index (κ1) is 24.9. The van der Waals surface area contributed by atoms with E-state index in [1.165, 1.54) is 36.1 Å². The number of fused-ring (bicyclic) bond motifs is 1. The van der Waals surface area contributed by atoms with E-state index in [0.29, 0.717) is 29.1 Å². The number of hydrogen-bond donors (Lipinski definition) is 1. The molecule has 0 aliphatic carbocycles. The van der Waals surface area contributed by atoms with Crippen molar-refractivity contribution in [2.45, 2.75) is 39.4 Å². The van der Waals surface area contributed by atoms with Crippen LogP contribution in [0, 0.1) is 0 Å². The number of benzene rings is 2. The number of carbonyl (C=O) groups excluding carboxylic acids is 4. The largest absolute Gasteiger partial charge is 0.471 e. The van der Waals surface area contributed by atoms with Crippen LogP contribution in [-0.2, 0) is 11.3 Å². The van der Waals surface area contributed by atoms with Gasteiger partial charge in [0.15, 0.2) is 0 Å². The normalized spacial score (nSPS) is 13.1. The number of rotatable bonds is 8. The molecule has 1 N–H and O–H groups in total. The van der Waals surface area contributed by atoms with Crippen molar-refractivity contribution in [3.05, 3.63) is 64.7 Å². The van der Waals surface area contributed by atoms with E-state index < -0.39 is 23.9 Å². The van der Waals surface area contributed by atoms with Gasteiger partial charge in [-0.05, 0) is 49.2 Å². The van der Waals surface area contributed by atoms with Gasteiger partial charge in [0, 0.05) is 30.9 Å². The van der Waals surface area contributed by atoms with Gasteiger partial charge in [-0.15, -0.1) is 0 Å². The minimum absolute atomic E-state index is 0.133. The molecule has 0 saturated heterocycles. The number of halogens is 3. The molecule has 4 amide bonds. The van der Waals surface area contributed by atoms with Gasteiger partial charge in [0.05, 0.1) is 11.1 Å². The molecule has 0 bridgehead atoms. The highest BCUT2D eigenvalue weighted by Crippen LogP contribution is 2.25. The van der Waals surface area contributed by atoms with Crippen LogP contribution in [0.2, 0.25) is 0 Å². The summed E-state index contributed by atoms with van der Waals surface area (Å²) in [5.41, 5.74) is 1.27. The van der Waals surface area contributed by atoms with E-state index in [-0.39, 0.29) is 35.7 Å². The van der Waals surface area contributed by atoms with Crippen molar-refractivity contribution in [3.8, 4) is 0 Å². The van der Waals surface area contributed by atoms with E-state index in [0.717, 1.165) is 6.42 Å². The fourth-order valence-corrected chi connectivity index (χ4v) is 3.63. The summed E-state index contributed by atoms with van der Waals surface area (Å²) in [7, 11) is 0. The number of hydrogen-bond acceptors (Lipinski definition) is 4. The third kappa shape index (κ3) is 5.27. The lowest BCUT2D eigenvalue weighted by Gasteiger charge is -2.22. The number of imide groups is 1. The predicted molar refractivity (Wildman–Crippen MR) is 118 cm³/mol. The van der Waals surface area contributed by atoms with Gasteiger partial charge in [-0.2, -0.15) is 13.2 Å². The van der Waals surface area contributed by atoms with Crippen molar-refractivity contribution < 1.29 is 32.3 Å². The first-order valence-electron chi connectivity index (χ1n) is 10.8. The van der Waals surface area contributed by atoms with Crippen LogP contribution < -0.4 is 5.32 Å². The van der Waals surface area contributed by atoms with Crippen LogP contribution in [0.4, 0.5) is 18.9 Å². The maximum atomic E-state index is 12.8. The van der Waals surface area contributed by atoms with E-state index >= 15 is 0 Å². The Hall–Kier alpha value is -3.69. The van der Waals surface area contributed by atoms with Gasteiger partial charge < -0.3 is 10.2 Å². The third-order valence-corrected chi connectivity index (χ3v) is 5.44. The SMILES string of the molecule is CCCCN1C(=O)c2ccc(C(=O)Nc3cccc(CN(CC)C(=O)C(F)(F)F)c3)cc2C1=O. The lowest BCUT2D eigenvalue weighted by atomic mass is 10.1. The van der Waals surface area contributed by atoms with E-state index in [4.69, 9.17) is 0 Å². The van der Waals surface area contributed by atoms with Crippen LogP contribution in [-0.4, -0.2) is 52.7 Å². The van der Waals surface area contributed by atoms with Crippen molar-refractivity contribution in [3.63, 3.8) is 0 Å². The molecule has 0 aromatic heterocycles. The van der Waals surface area contributed by atoms with Crippen molar-refractivity contribution in [1.29, 1.82) is 0 Å². The van der Waals surface area contributed by atoms with E-state index in [1.54, 1.807) is 18.2 Å². The molecule has 3 rings (SSSR count). The van der Waals surface area contributed by atoms with Crippen LogP contribution >= 0.6 is 0 Å². The number of nitrogens with zero attached hydrogens (tertiary/aromatic N) is 2. The molecule has 1 aliphatic rings. The second-order valence-corrected chi connectivity index (χ2v) is 7.85. The fourth-order valence-electron chi connectivity index (χ4n) is 3.63. The summed E-state index contributed by atoms with van der Waals surface area (Å²) in [6, 6.07) is 10.4. The van der Waals surface area contributed by atoms with Gasteiger partial charge in [-0.3, -0.25) is 24.1 Å². The monoisotopic (exact) mass is 475 g/mol. The molecule has 180 valence electrons. The highest BCUT2D eigenvalue weighted by atomic mass is 19.4. The summed E-state index contributed by atoms with van der Waals surface area (Å²) in [5.74, 6) is -3.32. The minimum atomic E-state index is -4.97. The molecule has 1 heterocycles. The Labute approximate surface area is 194 Å². The molecule has 0 saturated carbocycles. The van der Waals surface area contributed by atoms with Gasteiger partial charge in [-0.25, -0.2) is 0 Å². The van der Waals surface area contributed by atoms with Crippen LogP contribution in [0.5, 0.6) is 0 Å². The van der Waals surface area contributed by atoms with Crippen molar-refractivity contribution in [1.82, 2.24) is 9.80 Å². The Balaban J connectivity index is 1.74. The lowest BCUT2D eigenvalue weighted by Crippen LogP contribution is -2.40. The van der Waals surface area contributed by atoms with Crippen molar-refractivity contribution in [2.75, 3.05) is 18.4 Å². The molecule has 34 heavy (non-hydrogen) atoms. The number of unbranched alkanes of at least 4 members (excludes halogenated alkanes) is 1. The second kappa shape index (κ2) is 10.1. The van der Waals surface area contributed by atoms with Gasteiger partial charge in [-0.1, -0.05) is 25.5 Å². The second-order valence-electron chi connectivity index (χ2n) is 7.85. The average molecular weight is 475 g/mol. The minimum Gasteiger partial charge on any atom is -0.331 e. The zero-order valence-electron chi connectivity index (χ0n) is 18.7.